The summed E-state index contributed by atoms with van der Waals surface area (Å²) in [7, 11) is 0. The Morgan fingerprint density at radius 1 is 1.36 bits per heavy atom. The van der Waals surface area contributed by atoms with E-state index < -0.39 is 0 Å². The number of thioether (sulfide) groups is 1. The highest BCUT2D eigenvalue weighted by Crippen LogP contribution is 2.18. The quantitative estimate of drug-likeness (QED) is 0.781. The van der Waals surface area contributed by atoms with Gasteiger partial charge in [0, 0.05) is 31.8 Å². The summed E-state index contributed by atoms with van der Waals surface area (Å²) in [6.07, 6.45) is 4.02. The van der Waals surface area contributed by atoms with E-state index in [0.29, 0.717) is 32.5 Å². The molecule has 120 valence electrons. The van der Waals surface area contributed by atoms with E-state index in [1.807, 2.05) is 29.4 Å². The third-order valence-electron chi connectivity index (χ3n) is 3.99. The summed E-state index contributed by atoms with van der Waals surface area (Å²) in [5, 5.41) is 2.96. The molecule has 22 heavy (non-hydrogen) atoms. The Labute approximate surface area is 136 Å². The second-order valence-corrected chi connectivity index (χ2v) is 6.58. The molecule has 1 N–H and O–H groups in total. The lowest BCUT2D eigenvalue weighted by Gasteiger charge is -2.32. The minimum Gasteiger partial charge on any atom is -0.355 e. The second kappa shape index (κ2) is 8.83. The van der Waals surface area contributed by atoms with Gasteiger partial charge in [-0.25, -0.2) is 0 Å². The summed E-state index contributed by atoms with van der Waals surface area (Å²) in [5.74, 6) is 1.13. The third kappa shape index (κ3) is 5.05. The Balaban J connectivity index is 1.82. The Hall–Kier alpha value is -1.49. The molecule has 0 radical (unpaired) electrons. The van der Waals surface area contributed by atoms with Crippen LogP contribution in [-0.2, 0) is 16.0 Å². The molecule has 0 aromatic heterocycles. The summed E-state index contributed by atoms with van der Waals surface area (Å²) in [6, 6.07) is 10.2. The van der Waals surface area contributed by atoms with E-state index in [9.17, 15) is 9.59 Å². The summed E-state index contributed by atoms with van der Waals surface area (Å²) < 4.78 is 0. The van der Waals surface area contributed by atoms with E-state index in [1.165, 1.54) is 5.56 Å². The number of carbonyl (C=O) groups excluding carboxylic acids is 2. The number of likely N-dealkylation sites (tertiary alicyclic amines) is 1. The lowest BCUT2D eigenvalue weighted by atomic mass is 9.96. The highest BCUT2D eigenvalue weighted by molar-refractivity contribution is 7.98. The lowest BCUT2D eigenvalue weighted by Crippen LogP contribution is -2.46. The Bertz CT molecular complexity index is 493. The van der Waals surface area contributed by atoms with Crippen LogP contribution in [0.1, 0.15) is 18.4 Å². The molecule has 1 aliphatic heterocycles. The third-order valence-corrected chi connectivity index (χ3v) is 4.60. The van der Waals surface area contributed by atoms with Crippen LogP contribution in [0.2, 0.25) is 0 Å². The second-order valence-electron chi connectivity index (χ2n) is 5.59. The number of benzene rings is 1. The van der Waals surface area contributed by atoms with Crippen molar-refractivity contribution in [3.63, 3.8) is 0 Å². The van der Waals surface area contributed by atoms with Gasteiger partial charge < -0.3 is 10.2 Å². The lowest BCUT2D eigenvalue weighted by molar-refractivity contribution is -0.138. The Morgan fingerprint density at radius 2 is 2.14 bits per heavy atom. The maximum atomic E-state index is 12.1. The average Bonchev–Trinajstić information content (AvgIpc) is 2.55. The Kier molecular flexibility index (Phi) is 6.77. The van der Waals surface area contributed by atoms with Crippen LogP contribution in [0.5, 0.6) is 0 Å². The zero-order valence-corrected chi connectivity index (χ0v) is 13.9. The number of carbonyl (C=O) groups is 2. The molecule has 0 spiro atoms. The van der Waals surface area contributed by atoms with Gasteiger partial charge in [-0.1, -0.05) is 30.3 Å². The van der Waals surface area contributed by atoms with Crippen LogP contribution in [0, 0.1) is 5.92 Å². The predicted molar refractivity (Wildman–Crippen MR) is 90.8 cm³/mol. The van der Waals surface area contributed by atoms with E-state index in [-0.39, 0.29) is 17.7 Å². The van der Waals surface area contributed by atoms with Crippen molar-refractivity contribution in [1.82, 2.24) is 10.2 Å². The van der Waals surface area contributed by atoms with Gasteiger partial charge in [0.2, 0.25) is 11.8 Å². The first kappa shape index (κ1) is 16.9. The van der Waals surface area contributed by atoms with Crippen LogP contribution in [0.15, 0.2) is 30.3 Å². The molecule has 2 rings (SSSR count). The van der Waals surface area contributed by atoms with Gasteiger partial charge in [0.15, 0.2) is 0 Å². The van der Waals surface area contributed by atoms with Gasteiger partial charge in [-0.3, -0.25) is 9.59 Å². The van der Waals surface area contributed by atoms with Crippen molar-refractivity contribution in [2.45, 2.75) is 19.3 Å². The van der Waals surface area contributed by atoms with Crippen molar-refractivity contribution in [3.05, 3.63) is 35.9 Å². The SMILES string of the molecule is CSCCNC(=O)[C@H]1CCC(=O)N(CCc2ccccc2)C1. The molecule has 1 atom stereocenters. The van der Waals surface area contributed by atoms with Gasteiger partial charge in [-0.05, 0) is 24.7 Å². The average molecular weight is 320 g/mol. The van der Waals surface area contributed by atoms with Crippen LogP contribution in [-0.4, -0.2) is 48.4 Å². The molecule has 0 unspecified atom stereocenters. The number of nitrogens with zero attached hydrogens (tertiary/aromatic N) is 1. The summed E-state index contributed by atoms with van der Waals surface area (Å²) in [5.41, 5.74) is 1.22. The summed E-state index contributed by atoms with van der Waals surface area (Å²) >= 11 is 1.72. The molecule has 1 aromatic rings. The maximum absolute atomic E-state index is 12.1. The molecule has 1 aliphatic rings. The first-order chi connectivity index (χ1) is 10.7. The Morgan fingerprint density at radius 3 is 2.86 bits per heavy atom. The molecular formula is C17H24N2O2S. The van der Waals surface area contributed by atoms with Crippen molar-refractivity contribution in [1.29, 1.82) is 0 Å². The van der Waals surface area contributed by atoms with E-state index in [4.69, 9.17) is 0 Å². The van der Waals surface area contributed by atoms with E-state index >= 15 is 0 Å². The van der Waals surface area contributed by atoms with Crippen molar-refractivity contribution in [2.75, 3.05) is 31.6 Å². The number of nitrogens with one attached hydrogen (secondary N) is 1. The first-order valence-corrected chi connectivity index (χ1v) is 9.18. The molecule has 0 aliphatic carbocycles. The number of amides is 2. The zero-order chi connectivity index (χ0) is 15.8. The predicted octanol–water partition coefficient (Wildman–Crippen LogP) is 1.95. The number of hydrogen-bond donors (Lipinski definition) is 1. The van der Waals surface area contributed by atoms with E-state index in [2.05, 4.69) is 17.4 Å². The molecule has 2 amide bonds. The first-order valence-electron chi connectivity index (χ1n) is 7.79. The molecular weight excluding hydrogens is 296 g/mol. The van der Waals surface area contributed by atoms with Gasteiger partial charge in [-0.2, -0.15) is 11.8 Å². The molecule has 5 heteroatoms. The van der Waals surface area contributed by atoms with Crippen molar-refractivity contribution in [2.24, 2.45) is 5.92 Å². The highest BCUT2D eigenvalue weighted by Gasteiger charge is 2.29. The number of rotatable bonds is 7. The van der Waals surface area contributed by atoms with Crippen molar-refractivity contribution >= 4 is 23.6 Å². The fourth-order valence-electron chi connectivity index (χ4n) is 2.67. The summed E-state index contributed by atoms with van der Waals surface area (Å²) in [4.78, 5) is 26.0. The number of hydrogen-bond acceptors (Lipinski definition) is 3. The zero-order valence-electron chi connectivity index (χ0n) is 13.1. The van der Waals surface area contributed by atoms with Crippen LogP contribution in [0.3, 0.4) is 0 Å². The van der Waals surface area contributed by atoms with Crippen LogP contribution in [0.4, 0.5) is 0 Å². The standard InChI is InChI=1S/C17H24N2O2S/c1-22-12-10-18-17(21)15-7-8-16(20)19(13-15)11-9-14-5-3-2-4-6-14/h2-6,15H,7-13H2,1H3,(H,18,21)/t15-/m0/s1. The normalized spacial score (nSPS) is 18.3. The topological polar surface area (TPSA) is 49.4 Å². The van der Waals surface area contributed by atoms with Crippen LogP contribution in [0.25, 0.3) is 0 Å². The van der Waals surface area contributed by atoms with Gasteiger partial charge in [0.05, 0.1) is 5.92 Å². The van der Waals surface area contributed by atoms with Crippen LogP contribution >= 0.6 is 11.8 Å². The molecule has 0 bridgehead atoms. The van der Waals surface area contributed by atoms with Crippen molar-refractivity contribution < 1.29 is 9.59 Å². The van der Waals surface area contributed by atoms with Crippen LogP contribution < -0.4 is 5.32 Å². The van der Waals surface area contributed by atoms with Gasteiger partial charge in [0.1, 0.15) is 0 Å². The minimum absolute atomic E-state index is 0.0599. The minimum atomic E-state index is -0.0599. The molecule has 0 saturated carbocycles. The molecule has 1 saturated heterocycles. The van der Waals surface area contributed by atoms with Gasteiger partial charge in [-0.15, -0.1) is 0 Å². The smallest absolute Gasteiger partial charge is 0.224 e. The molecule has 1 aromatic carbocycles. The van der Waals surface area contributed by atoms with Gasteiger partial charge >= 0.3 is 0 Å². The van der Waals surface area contributed by atoms with Crippen molar-refractivity contribution in [3.8, 4) is 0 Å². The fraction of sp³-hybridized carbons (Fsp3) is 0.529. The van der Waals surface area contributed by atoms with E-state index in [1.54, 1.807) is 11.8 Å². The highest BCUT2D eigenvalue weighted by atomic mass is 32.2. The summed E-state index contributed by atoms with van der Waals surface area (Å²) in [6.45, 7) is 1.95. The van der Waals surface area contributed by atoms with E-state index in [0.717, 1.165) is 12.2 Å². The molecule has 4 nitrogen and oxygen atoms in total. The maximum Gasteiger partial charge on any atom is 0.224 e. The molecule has 1 heterocycles. The monoisotopic (exact) mass is 320 g/mol. The number of piperidine rings is 1. The fourth-order valence-corrected chi connectivity index (χ4v) is 2.98. The van der Waals surface area contributed by atoms with Gasteiger partial charge in [0.25, 0.3) is 0 Å². The largest absolute Gasteiger partial charge is 0.355 e. The molecule has 1 fully saturated rings.